The molecule has 4 rings (SSSR count). The third-order valence-corrected chi connectivity index (χ3v) is 5.90. The molecule has 0 spiro atoms. The molecule has 0 aliphatic rings. The molecular formula is C25H23NO6S. The maximum absolute atomic E-state index is 13.3. The Hall–Kier alpha value is -3.78. The van der Waals surface area contributed by atoms with E-state index in [-0.39, 0.29) is 11.5 Å². The van der Waals surface area contributed by atoms with E-state index in [1.807, 2.05) is 31.2 Å². The molecule has 1 aromatic heterocycles. The molecule has 1 heterocycles. The predicted octanol–water partition coefficient (Wildman–Crippen LogP) is 5.03. The van der Waals surface area contributed by atoms with Gasteiger partial charge in [-0.1, -0.05) is 24.3 Å². The van der Waals surface area contributed by atoms with Crippen LogP contribution in [0.3, 0.4) is 0 Å². The van der Waals surface area contributed by atoms with Crippen LogP contribution in [0, 0.1) is 6.92 Å². The van der Waals surface area contributed by atoms with Gasteiger partial charge in [-0.15, -0.1) is 0 Å². The minimum atomic E-state index is -3.38. The van der Waals surface area contributed by atoms with Gasteiger partial charge >= 0.3 is 0 Å². The van der Waals surface area contributed by atoms with Crippen LogP contribution >= 0.6 is 0 Å². The summed E-state index contributed by atoms with van der Waals surface area (Å²) in [5.74, 6) is 0.930. The highest BCUT2D eigenvalue weighted by molar-refractivity contribution is 7.92. The molecule has 0 unspecified atom stereocenters. The normalized spacial score (nSPS) is 11.4. The molecule has 0 aliphatic heterocycles. The van der Waals surface area contributed by atoms with Gasteiger partial charge in [0.15, 0.2) is 5.76 Å². The molecule has 0 saturated heterocycles. The van der Waals surface area contributed by atoms with Crippen molar-refractivity contribution in [1.82, 2.24) is 0 Å². The number of ketones is 1. The first-order valence-corrected chi connectivity index (χ1v) is 12.0. The third kappa shape index (κ3) is 4.56. The van der Waals surface area contributed by atoms with Gasteiger partial charge in [0.1, 0.15) is 17.1 Å². The summed E-state index contributed by atoms with van der Waals surface area (Å²) < 4.78 is 42.2. The number of furan rings is 1. The lowest BCUT2D eigenvalue weighted by Crippen LogP contribution is -2.09. The number of methoxy groups -OCH3 is 2. The highest BCUT2D eigenvalue weighted by Gasteiger charge is 2.23. The average Bonchev–Trinajstić information content (AvgIpc) is 3.13. The van der Waals surface area contributed by atoms with Crippen LogP contribution in [0.4, 0.5) is 5.69 Å². The lowest BCUT2D eigenvalue weighted by atomic mass is 10.0. The van der Waals surface area contributed by atoms with Crippen LogP contribution in [0.25, 0.3) is 22.1 Å². The van der Waals surface area contributed by atoms with Gasteiger partial charge < -0.3 is 13.9 Å². The van der Waals surface area contributed by atoms with Crippen molar-refractivity contribution in [1.29, 1.82) is 0 Å². The number of ether oxygens (including phenoxy) is 2. The van der Waals surface area contributed by atoms with Crippen LogP contribution in [0.1, 0.15) is 21.7 Å². The van der Waals surface area contributed by atoms with Crippen LogP contribution < -0.4 is 14.2 Å². The number of anilines is 1. The van der Waals surface area contributed by atoms with E-state index in [0.717, 1.165) is 28.3 Å². The predicted molar refractivity (Wildman–Crippen MR) is 128 cm³/mol. The summed E-state index contributed by atoms with van der Waals surface area (Å²) in [6, 6.07) is 17.7. The van der Waals surface area contributed by atoms with Crippen LogP contribution in [0.5, 0.6) is 11.5 Å². The molecule has 4 aromatic rings. The second-order valence-electron chi connectivity index (χ2n) is 7.62. The second-order valence-corrected chi connectivity index (χ2v) is 9.37. The van der Waals surface area contributed by atoms with Gasteiger partial charge in [0.2, 0.25) is 15.8 Å². The number of carbonyl (C=O) groups is 1. The molecule has 170 valence electrons. The van der Waals surface area contributed by atoms with Crippen LogP contribution in [-0.2, 0) is 10.0 Å². The van der Waals surface area contributed by atoms with Crippen molar-refractivity contribution in [2.24, 2.45) is 0 Å². The van der Waals surface area contributed by atoms with Gasteiger partial charge in [-0.2, -0.15) is 0 Å². The van der Waals surface area contributed by atoms with E-state index in [9.17, 15) is 13.2 Å². The van der Waals surface area contributed by atoms with Crippen molar-refractivity contribution in [3.63, 3.8) is 0 Å². The van der Waals surface area contributed by atoms with Crippen molar-refractivity contribution in [2.75, 3.05) is 25.2 Å². The minimum Gasteiger partial charge on any atom is -0.497 e. The molecule has 1 N–H and O–H groups in total. The van der Waals surface area contributed by atoms with Crippen LogP contribution in [0.15, 0.2) is 65.1 Å². The monoisotopic (exact) mass is 465 g/mol. The molecule has 0 aliphatic carbocycles. The van der Waals surface area contributed by atoms with E-state index in [2.05, 4.69) is 4.72 Å². The molecule has 0 atom stereocenters. The first-order chi connectivity index (χ1) is 15.7. The van der Waals surface area contributed by atoms with Crippen LogP contribution in [0.2, 0.25) is 0 Å². The Morgan fingerprint density at radius 1 is 0.939 bits per heavy atom. The quantitative estimate of drug-likeness (QED) is 0.385. The smallest absolute Gasteiger partial charge is 0.232 e. The van der Waals surface area contributed by atoms with Crippen molar-refractivity contribution < 1.29 is 27.1 Å². The first-order valence-electron chi connectivity index (χ1n) is 10.1. The Morgan fingerprint density at radius 2 is 1.70 bits per heavy atom. The molecule has 33 heavy (non-hydrogen) atoms. The third-order valence-electron chi connectivity index (χ3n) is 5.30. The molecule has 3 aromatic carbocycles. The Balaban J connectivity index is 1.74. The molecule has 0 amide bonds. The fraction of sp³-hybridized carbons (Fsp3) is 0.160. The first kappa shape index (κ1) is 22.4. The zero-order valence-electron chi connectivity index (χ0n) is 18.6. The molecule has 8 heteroatoms. The minimum absolute atomic E-state index is 0.234. The van der Waals surface area contributed by atoms with Crippen molar-refractivity contribution >= 4 is 32.5 Å². The van der Waals surface area contributed by atoms with E-state index in [4.69, 9.17) is 13.9 Å². The standard InChI is InChI=1S/C25H23NO6S/c1-15-20-10-8-17(16-6-5-7-18(12-16)26-33(4,28)29)13-23(20)32-25(15)24(27)21-11-9-19(30-2)14-22(21)31-3/h5-14,26H,1-4H3. The summed E-state index contributed by atoms with van der Waals surface area (Å²) >= 11 is 0. The highest BCUT2D eigenvalue weighted by Crippen LogP contribution is 2.34. The van der Waals surface area contributed by atoms with Crippen LogP contribution in [-0.4, -0.2) is 34.7 Å². The van der Waals surface area contributed by atoms with Gasteiger partial charge in [0.05, 0.1) is 26.0 Å². The molecule has 0 fully saturated rings. The van der Waals surface area contributed by atoms with Crippen molar-refractivity contribution in [3.05, 3.63) is 77.6 Å². The van der Waals surface area contributed by atoms with Gasteiger partial charge in [0.25, 0.3) is 0 Å². The Morgan fingerprint density at radius 3 is 2.39 bits per heavy atom. The Labute approximate surface area is 192 Å². The topological polar surface area (TPSA) is 94.8 Å². The van der Waals surface area contributed by atoms with E-state index < -0.39 is 10.0 Å². The fourth-order valence-corrected chi connectivity index (χ4v) is 4.26. The number of fused-ring (bicyclic) bond motifs is 1. The van der Waals surface area contributed by atoms with Gasteiger partial charge in [-0.25, -0.2) is 8.42 Å². The molecule has 7 nitrogen and oxygen atoms in total. The fourth-order valence-electron chi connectivity index (χ4n) is 3.71. The van der Waals surface area contributed by atoms with Gasteiger partial charge in [-0.05, 0) is 48.4 Å². The van der Waals surface area contributed by atoms with Gasteiger partial charge in [-0.3, -0.25) is 9.52 Å². The summed E-state index contributed by atoms with van der Waals surface area (Å²) in [6.45, 7) is 1.84. The summed E-state index contributed by atoms with van der Waals surface area (Å²) in [6.07, 6.45) is 1.10. The molecular weight excluding hydrogens is 442 g/mol. The number of rotatable bonds is 7. The lowest BCUT2D eigenvalue weighted by Gasteiger charge is -2.08. The molecule has 0 radical (unpaired) electrons. The highest BCUT2D eigenvalue weighted by atomic mass is 32.2. The van der Waals surface area contributed by atoms with E-state index >= 15 is 0 Å². The SMILES string of the molecule is COc1ccc(C(=O)c2oc3cc(-c4cccc(NS(C)(=O)=O)c4)ccc3c2C)c(OC)c1. The zero-order valence-corrected chi connectivity index (χ0v) is 19.4. The maximum atomic E-state index is 13.3. The Bertz CT molecular complexity index is 1470. The van der Waals surface area contributed by atoms with E-state index in [0.29, 0.717) is 28.3 Å². The lowest BCUT2D eigenvalue weighted by molar-refractivity contribution is 0.101. The summed E-state index contributed by atoms with van der Waals surface area (Å²) in [7, 11) is -0.341. The molecule has 0 bridgehead atoms. The second kappa shape index (κ2) is 8.63. The number of carbonyl (C=O) groups excluding carboxylic acids is 1. The summed E-state index contributed by atoms with van der Waals surface area (Å²) in [5, 5.41) is 0.819. The number of sulfonamides is 1. The molecule has 0 saturated carbocycles. The van der Waals surface area contributed by atoms with Crippen molar-refractivity contribution in [3.8, 4) is 22.6 Å². The number of nitrogens with one attached hydrogen (secondary N) is 1. The summed E-state index contributed by atoms with van der Waals surface area (Å²) in [5.41, 5.74) is 3.77. The number of aryl methyl sites for hydroxylation is 1. The summed E-state index contributed by atoms with van der Waals surface area (Å²) in [4.78, 5) is 13.3. The number of hydrogen-bond acceptors (Lipinski definition) is 6. The average molecular weight is 466 g/mol. The van der Waals surface area contributed by atoms with Gasteiger partial charge in [0, 0.05) is 22.7 Å². The van der Waals surface area contributed by atoms with E-state index in [1.165, 1.54) is 7.11 Å². The maximum Gasteiger partial charge on any atom is 0.232 e. The number of benzene rings is 3. The Kier molecular flexibility index (Phi) is 5.86. The number of hydrogen-bond donors (Lipinski definition) is 1. The van der Waals surface area contributed by atoms with E-state index in [1.54, 1.807) is 43.5 Å². The van der Waals surface area contributed by atoms with Crippen molar-refractivity contribution in [2.45, 2.75) is 6.92 Å². The largest absolute Gasteiger partial charge is 0.497 e. The zero-order chi connectivity index (χ0) is 23.8.